The van der Waals surface area contributed by atoms with Crippen LogP contribution in [0.5, 0.6) is 5.75 Å². The fourth-order valence-corrected chi connectivity index (χ4v) is 7.24. The number of halogens is 24. The third kappa shape index (κ3) is 13.0. The molecule has 0 atom stereocenters. The van der Waals surface area contributed by atoms with Crippen LogP contribution in [0.15, 0.2) is 103 Å². The van der Waals surface area contributed by atoms with E-state index in [2.05, 4.69) is 0 Å². The molecule has 0 saturated heterocycles. The predicted octanol–water partition coefficient (Wildman–Crippen LogP) is 13.1. The Kier molecular flexibility index (Phi) is 14.8. The molecule has 0 amide bonds. The fourth-order valence-electron chi connectivity index (χ4n) is 6.74. The van der Waals surface area contributed by atoms with Crippen molar-refractivity contribution < 1.29 is 110 Å². The summed E-state index contributed by atoms with van der Waals surface area (Å²) in [4.78, 5) is 0. The van der Waals surface area contributed by atoms with Crippen LogP contribution in [0.4, 0.5) is 105 Å². The van der Waals surface area contributed by atoms with Gasteiger partial charge in [-0.2, -0.15) is 127 Å². The standard InChI is InChI=1S/C32H12BF24.C8H11OS/c34-25(35,36)13-1-14(26(37,38)39)6-21(5-13)33(22-7-15(27(40,41)42)2-16(8-22)28(43,44)45,23-9-17(29(46,47)48)3-18(10-23)30(49,50)51)24-11-19(31(52,53)54)4-20(12-24)32(55,56)57;1-10(2)9-8-6-4-3-5-7-8/h1-12H;3-7H,1-2H3/q-1;+1. The minimum Gasteiger partial charge on any atom is -0.287 e. The van der Waals surface area contributed by atoms with E-state index in [0.717, 1.165) is 5.75 Å². The van der Waals surface area contributed by atoms with E-state index < -0.39 is 195 Å². The average Bonchev–Trinajstić information content (AvgIpc) is 3.15. The second-order valence-corrected chi connectivity index (χ2v) is 16.0. The Hall–Kier alpha value is -5.37. The van der Waals surface area contributed by atoms with E-state index in [4.69, 9.17) is 4.18 Å². The number of hydrogen-bond donors (Lipinski definition) is 0. The normalized spacial score (nSPS) is 13.7. The minimum atomic E-state index is -6.13. The molecule has 1 nitrogen and oxygen atoms in total. The summed E-state index contributed by atoms with van der Waals surface area (Å²) in [5, 5.41) is 0. The number of alkyl halides is 24. The summed E-state index contributed by atoms with van der Waals surface area (Å²) in [7, 11) is 0. The van der Waals surface area contributed by atoms with Crippen LogP contribution in [0, 0.1) is 0 Å². The number of benzene rings is 5. The van der Waals surface area contributed by atoms with E-state index in [9.17, 15) is 105 Å². The quantitative estimate of drug-likeness (QED) is 0.0936. The van der Waals surface area contributed by atoms with Gasteiger partial charge in [0.15, 0.2) is 16.9 Å². The first-order chi connectivity index (χ1) is 30.0. The minimum absolute atomic E-state index is 0.0335. The summed E-state index contributed by atoms with van der Waals surface area (Å²) in [6.07, 6.45) is -50.7. The average molecular weight is 1020 g/mol. The zero-order chi connectivity index (χ0) is 51.3. The molecule has 0 bridgehead atoms. The van der Waals surface area contributed by atoms with E-state index in [1.54, 1.807) is 0 Å². The maximum atomic E-state index is 14.2. The Morgan fingerprint density at radius 3 is 0.627 bits per heavy atom. The Labute approximate surface area is 363 Å². The van der Waals surface area contributed by atoms with Gasteiger partial charge in [0.2, 0.25) is 0 Å². The van der Waals surface area contributed by atoms with Crippen LogP contribution in [0.25, 0.3) is 0 Å². The van der Waals surface area contributed by atoms with Gasteiger partial charge in [-0.25, -0.2) is 0 Å². The van der Waals surface area contributed by atoms with Crippen molar-refractivity contribution in [1.29, 1.82) is 0 Å². The molecule has 0 aliphatic heterocycles. The molecular weight excluding hydrogens is 995 g/mol. The molecule has 0 unspecified atom stereocenters. The third-order valence-electron chi connectivity index (χ3n) is 9.45. The first-order valence-corrected chi connectivity index (χ1v) is 19.7. The van der Waals surface area contributed by atoms with Crippen LogP contribution in [0.2, 0.25) is 0 Å². The summed E-state index contributed by atoms with van der Waals surface area (Å²) >= 11 is 0.0335. The number of hydrogen-bond acceptors (Lipinski definition) is 1. The van der Waals surface area contributed by atoms with Crippen molar-refractivity contribution in [2.45, 2.75) is 49.4 Å². The van der Waals surface area contributed by atoms with Crippen LogP contribution >= 0.6 is 0 Å². The summed E-state index contributed by atoms with van der Waals surface area (Å²) in [6, 6.07) is 1.05. The van der Waals surface area contributed by atoms with Gasteiger partial charge < -0.3 is 0 Å². The maximum absolute atomic E-state index is 14.2. The molecule has 0 heterocycles. The first-order valence-electron chi connectivity index (χ1n) is 17.7. The highest BCUT2D eigenvalue weighted by Gasteiger charge is 2.47. The van der Waals surface area contributed by atoms with E-state index in [0.29, 0.717) is 0 Å². The largest absolute Gasteiger partial charge is 0.416 e. The van der Waals surface area contributed by atoms with Gasteiger partial charge in [0.05, 0.1) is 44.5 Å². The Bertz CT molecular complexity index is 2090. The van der Waals surface area contributed by atoms with Crippen molar-refractivity contribution >= 4 is 39.2 Å². The topological polar surface area (TPSA) is 9.23 Å². The summed E-state index contributed by atoms with van der Waals surface area (Å²) in [5.74, 6) is 0.954. The molecule has 27 heteroatoms. The van der Waals surface area contributed by atoms with Gasteiger partial charge in [-0.1, -0.05) is 66.7 Å². The zero-order valence-corrected chi connectivity index (χ0v) is 33.6. The lowest BCUT2D eigenvalue weighted by Crippen LogP contribution is -2.75. The van der Waals surface area contributed by atoms with E-state index >= 15 is 0 Å². The zero-order valence-electron chi connectivity index (χ0n) is 32.8. The van der Waals surface area contributed by atoms with Gasteiger partial charge in [-0.05, 0) is 36.4 Å². The van der Waals surface area contributed by atoms with E-state index in [1.807, 2.05) is 42.8 Å². The number of rotatable bonds is 6. The van der Waals surface area contributed by atoms with Gasteiger partial charge in [0.1, 0.15) is 18.7 Å². The van der Waals surface area contributed by atoms with Crippen molar-refractivity contribution in [2.24, 2.45) is 0 Å². The highest BCUT2D eigenvalue weighted by atomic mass is 32.2. The van der Waals surface area contributed by atoms with Crippen molar-refractivity contribution in [3.05, 3.63) is 148 Å². The van der Waals surface area contributed by atoms with E-state index in [1.165, 1.54) is 0 Å². The molecule has 0 fully saturated rings. The monoisotopic (exact) mass is 1020 g/mol. The summed E-state index contributed by atoms with van der Waals surface area (Å²) in [5.41, 5.74) is -30.2. The van der Waals surface area contributed by atoms with Gasteiger partial charge in [-0.3, -0.25) is 4.18 Å². The SMILES string of the molecule is C[S+](C)Oc1ccccc1.FC(F)(F)c1cc([B-](c2cc(C(F)(F)F)cc(C(F)(F)F)c2)(c2cc(C(F)(F)F)cc(C(F)(F)F)c2)c2cc(C(F)(F)F)cc(C(F)(F)F)c2)cc(C(F)(F)F)c1. The molecule has 0 N–H and O–H groups in total. The Balaban J connectivity index is 0.000000865. The van der Waals surface area contributed by atoms with Crippen molar-refractivity contribution in [1.82, 2.24) is 0 Å². The third-order valence-corrected chi connectivity index (χ3v) is 9.97. The first kappa shape index (κ1) is 54.2. The molecule has 0 aliphatic carbocycles. The molecular formula is C40H23BF24OS. The fraction of sp³-hybridized carbons (Fsp3) is 0.250. The predicted molar refractivity (Wildman–Crippen MR) is 196 cm³/mol. The molecule has 5 aromatic rings. The highest BCUT2D eigenvalue weighted by Crippen LogP contribution is 2.41. The molecule has 366 valence electrons. The van der Waals surface area contributed by atoms with Gasteiger partial charge in [-0.15, -0.1) is 0 Å². The molecule has 0 aliphatic rings. The van der Waals surface area contributed by atoms with Crippen LogP contribution in [0.3, 0.4) is 0 Å². The second kappa shape index (κ2) is 18.3. The maximum Gasteiger partial charge on any atom is 0.416 e. The van der Waals surface area contributed by atoms with E-state index in [-0.39, 0.29) is 11.2 Å². The summed E-state index contributed by atoms with van der Waals surface area (Å²) in [6.45, 7) is 0. The molecule has 0 aromatic heterocycles. The molecule has 0 radical (unpaired) electrons. The van der Waals surface area contributed by atoms with Gasteiger partial charge in [0.25, 0.3) is 0 Å². The van der Waals surface area contributed by atoms with Gasteiger partial charge in [0, 0.05) is 0 Å². The lowest BCUT2D eigenvalue weighted by Gasteiger charge is -2.46. The number of para-hydroxylation sites is 1. The van der Waals surface area contributed by atoms with Crippen LogP contribution in [-0.4, -0.2) is 18.7 Å². The van der Waals surface area contributed by atoms with Crippen LogP contribution in [-0.2, 0) is 60.6 Å². The van der Waals surface area contributed by atoms with Crippen molar-refractivity contribution in [3.8, 4) is 5.75 Å². The van der Waals surface area contributed by atoms with Crippen molar-refractivity contribution in [3.63, 3.8) is 0 Å². The molecule has 0 saturated carbocycles. The Morgan fingerprint density at radius 2 is 0.478 bits per heavy atom. The molecule has 5 rings (SSSR count). The summed E-state index contributed by atoms with van der Waals surface area (Å²) < 4.78 is 346. The lowest BCUT2D eigenvalue weighted by atomic mass is 9.12. The van der Waals surface area contributed by atoms with Crippen molar-refractivity contribution in [2.75, 3.05) is 12.5 Å². The molecule has 67 heavy (non-hydrogen) atoms. The molecule has 5 aromatic carbocycles. The smallest absolute Gasteiger partial charge is 0.287 e. The van der Waals surface area contributed by atoms with Gasteiger partial charge >= 0.3 is 49.4 Å². The van der Waals surface area contributed by atoms with Crippen LogP contribution < -0.4 is 26.0 Å². The molecule has 0 spiro atoms. The second-order valence-electron chi connectivity index (χ2n) is 14.4. The Morgan fingerprint density at radius 1 is 0.299 bits per heavy atom. The highest BCUT2D eigenvalue weighted by molar-refractivity contribution is 7.91. The lowest BCUT2D eigenvalue weighted by molar-refractivity contribution is -0.144. The van der Waals surface area contributed by atoms with Crippen LogP contribution in [0.1, 0.15) is 44.5 Å².